The maximum absolute atomic E-state index is 2.48. The molecule has 0 amide bonds. The van der Waals surface area contributed by atoms with Crippen LogP contribution in [0.1, 0.15) is 49.9 Å². The molecular weight excluding hydrogens is 742 g/mol. The number of hydrogen-bond acceptors (Lipinski definition) is 4. The van der Waals surface area contributed by atoms with Gasteiger partial charge in [-0.3, -0.25) is 0 Å². The molecule has 3 aromatic rings. The number of likely N-dealkylation sites (N-methyl/N-ethyl adjacent to an activating group) is 2. The second kappa shape index (κ2) is 12.8. The van der Waals surface area contributed by atoms with Crippen molar-refractivity contribution < 1.29 is 0 Å². The van der Waals surface area contributed by atoms with Gasteiger partial charge in [0.2, 0.25) is 0 Å². The third-order valence-corrected chi connectivity index (χ3v) is 9.34. The van der Waals surface area contributed by atoms with E-state index >= 15 is 0 Å². The molecule has 2 aliphatic rings. The van der Waals surface area contributed by atoms with Crippen LogP contribution in [0.15, 0.2) is 72.8 Å². The zero-order valence-electron chi connectivity index (χ0n) is 26.8. The standard InChI is InChI=1S/C36H46N4.2HI/c1-35(2)29-23-32-30(24-31(29)39(9)33(35)21-15-25-11-17-27(18-12-25)37(5)6)36(3,4)34(40(32)10)22-16-26-13-19-28(20-14-26)38(7)8;;/h11-24,33-34H,1-10H3;2*1H. The molecule has 0 aromatic heterocycles. The van der Waals surface area contributed by atoms with Gasteiger partial charge in [0, 0.05) is 75.9 Å². The second-order valence-electron chi connectivity index (χ2n) is 13.1. The van der Waals surface area contributed by atoms with Gasteiger partial charge in [-0.1, -0.05) is 76.3 Å². The first kappa shape index (κ1) is 34.3. The van der Waals surface area contributed by atoms with E-state index in [0.29, 0.717) is 0 Å². The molecule has 2 heterocycles. The van der Waals surface area contributed by atoms with Crippen LogP contribution in [0.3, 0.4) is 0 Å². The fourth-order valence-corrected chi connectivity index (χ4v) is 6.69. The summed E-state index contributed by atoms with van der Waals surface area (Å²) < 4.78 is 0. The van der Waals surface area contributed by atoms with Crippen molar-refractivity contribution in [1.82, 2.24) is 0 Å². The van der Waals surface area contributed by atoms with Crippen molar-refractivity contribution >= 4 is 82.9 Å². The van der Waals surface area contributed by atoms with E-state index in [4.69, 9.17) is 0 Å². The molecule has 4 nitrogen and oxygen atoms in total. The van der Waals surface area contributed by atoms with Crippen molar-refractivity contribution in [3.63, 3.8) is 0 Å². The number of benzene rings is 3. The Bertz CT molecular complexity index is 1330. The summed E-state index contributed by atoms with van der Waals surface area (Å²) in [7, 11) is 12.8. The molecule has 2 unspecified atom stereocenters. The number of anilines is 4. The van der Waals surface area contributed by atoms with Crippen molar-refractivity contribution in [3.05, 3.63) is 95.1 Å². The van der Waals surface area contributed by atoms with Crippen LogP contribution in [0.5, 0.6) is 0 Å². The zero-order chi connectivity index (χ0) is 29.0. The largest absolute Gasteiger partial charge is 0.378 e. The lowest BCUT2D eigenvalue weighted by molar-refractivity contribution is 0.486. The van der Waals surface area contributed by atoms with E-state index in [2.05, 4.69) is 175 Å². The summed E-state index contributed by atoms with van der Waals surface area (Å²) in [6, 6.07) is 23.1. The molecule has 0 fully saturated rings. The Morgan fingerprint density at radius 2 is 0.881 bits per heavy atom. The third kappa shape index (κ3) is 6.07. The van der Waals surface area contributed by atoms with E-state index in [0.717, 1.165) is 0 Å². The van der Waals surface area contributed by atoms with Crippen molar-refractivity contribution in [2.75, 3.05) is 61.9 Å². The van der Waals surface area contributed by atoms with Crippen LogP contribution in [0, 0.1) is 0 Å². The Hall–Kier alpha value is -2.20. The number of halogens is 2. The first-order valence-corrected chi connectivity index (χ1v) is 14.4. The highest BCUT2D eigenvalue weighted by molar-refractivity contribution is 14.0. The molecule has 0 aliphatic carbocycles. The summed E-state index contributed by atoms with van der Waals surface area (Å²) in [4.78, 5) is 9.23. The van der Waals surface area contributed by atoms with Crippen LogP contribution < -0.4 is 19.6 Å². The Kier molecular flexibility index (Phi) is 10.5. The molecule has 3 aromatic carbocycles. The summed E-state index contributed by atoms with van der Waals surface area (Å²) in [6.07, 6.45) is 9.34. The van der Waals surface area contributed by atoms with Crippen LogP contribution in [0.25, 0.3) is 12.2 Å². The molecular formula is C36H48I2N4. The minimum atomic E-state index is -0.00766. The first-order chi connectivity index (χ1) is 18.8. The summed E-state index contributed by atoms with van der Waals surface area (Å²) in [5, 5.41) is 0. The van der Waals surface area contributed by atoms with E-state index in [-0.39, 0.29) is 70.9 Å². The molecule has 0 saturated heterocycles. The van der Waals surface area contributed by atoms with Gasteiger partial charge in [0.25, 0.3) is 0 Å². The molecule has 6 heteroatoms. The molecule has 0 radical (unpaired) electrons. The smallest absolute Gasteiger partial charge is 0.0565 e. The molecule has 2 aliphatic heterocycles. The van der Waals surface area contributed by atoms with Gasteiger partial charge in [-0.25, -0.2) is 0 Å². The van der Waals surface area contributed by atoms with E-state index in [1.54, 1.807) is 0 Å². The highest BCUT2D eigenvalue weighted by Crippen LogP contribution is 2.53. The maximum Gasteiger partial charge on any atom is 0.0565 e. The minimum absolute atomic E-state index is 0. The number of nitrogens with zero attached hydrogens (tertiary/aromatic N) is 4. The van der Waals surface area contributed by atoms with E-state index < -0.39 is 0 Å². The predicted octanol–water partition coefficient (Wildman–Crippen LogP) is 8.67. The summed E-state index contributed by atoms with van der Waals surface area (Å²) in [5.41, 5.74) is 10.5. The van der Waals surface area contributed by atoms with Gasteiger partial charge in [0.15, 0.2) is 0 Å². The summed E-state index contributed by atoms with van der Waals surface area (Å²) >= 11 is 0. The van der Waals surface area contributed by atoms with E-state index in [1.165, 1.54) is 45.0 Å². The molecule has 0 spiro atoms. The Morgan fingerprint density at radius 3 is 1.17 bits per heavy atom. The van der Waals surface area contributed by atoms with Gasteiger partial charge >= 0.3 is 0 Å². The lowest BCUT2D eigenvalue weighted by atomic mass is 9.77. The Balaban J connectivity index is 0.00000242. The van der Waals surface area contributed by atoms with Crippen LogP contribution in [0.2, 0.25) is 0 Å². The van der Waals surface area contributed by atoms with Gasteiger partial charge in [-0.2, -0.15) is 0 Å². The second-order valence-corrected chi connectivity index (χ2v) is 13.1. The van der Waals surface area contributed by atoms with E-state index in [1.807, 2.05) is 0 Å². The molecule has 0 N–H and O–H groups in total. The SMILES string of the molecule is CN(C)c1ccc(C=CC2N(C)c3cc4c(cc3C2(C)C)N(C)C(C=Cc2ccc(N(C)C)cc2)C4(C)C)cc1.I.I. The van der Waals surface area contributed by atoms with E-state index in [9.17, 15) is 0 Å². The molecule has 0 bridgehead atoms. The highest BCUT2D eigenvalue weighted by Gasteiger charge is 2.47. The van der Waals surface area contributed by atoms with Crippen molar-refractivity contribution in [2.45, 2.75) is 50.6 Å². The molecule has 2 atom stereocenters. The van der Waals surface area contributed by atoms with Crippen molar-refractivity contribution in [2.24, 2.45) is 0 Å². The average Bonchev–Trinajstić information content (AvgIpc) is 3.22. The number of rotatable bonds is 6. The number of fused-ring (bicyclic) bond motifs is 2. The van der Waals surface area contributed by atoms with Gasteiger partial charge < -0.3 is 19.6 Å². The molecule has 226 valence electrons. The lowest BCUT2D eigenvalue weighted by Gasteiger charge is -2.31. The quantitative estimate of drug-likeness (QED) is 0.232. The normalized spacial score (nSPS) is 19.9. The van der Waals surface area contributed by atoms with Crippen LogP contribution in [-0.2, 0) is 10.8 Å². The zero-order valence-corrected chi connectivity index (χ0v) is 31.5. The van der Waals surface area contributed by atoms with Gasteiger partial charge in [0.1, 0.15) is 0 Å². The topological polar surface area (TPSA) is 13.0 Å². The fourth-order valence-electron chi connectivity index (χ4n) is 6.69. The van der Waals surface area contributed by atoms with Crippen LogP contribution >= 0.6 is 48.0 Å². The van der Waals surface area contributed by atoms with Gasteiger partial charge in [-0.15, -0.1) is 48.0 Å². The van der Waals surface area contributed by atoms with Crippen molar-refractivity contribution in [3.8, 4) is 0 Å². The minimum Gasteiger partial charge on any atom is -0.378 e. The third-order valence-electron chi connectivity index (χ3n) is 9.34. The predicted molar refractivity (Wildman–Crippen MR) is 207 cm³/mol. The van der Waals surface area contributed by atoms with Gasteiger partial charge in [-0.05, 0) is 58.7 Å². The highest BCUT2D eigenvalue weighted by atomic mass is 127. The maximum atomic E-state index is 2.48. The summed E-state index contributed by atoms with van der Waals surface area (Å²) in [6.45, 7) is 9.56. The molecule has 5 rings (SSSR count). The monoisotopic (exact) mass is 790 g/mol. The van der Waals surface area contributed by atoms with Crippen LogP contribution in [0.4, 0.5) is 22.7 Å². The molecule has 42 heavy (non-hydrogen) atoms. The average molecular weight is 791 g/mol. The Labute approximate surface area is 288 Å². The number of hydrogen-bond donors (Lipinski definition) is 0. The van der Waals surface area contributed by atoms with Crippen molar-refractivity contribution in [1.29, 1.82) is 0 Å². The molecule has 0 saturated carbocycles. The first-order valence-electron chi connectivity index (χ1n) is 14.4. The fraction of sp³-hybridized carbons (Fsp3) is 0.389. The Morgan fingerprint density at radius 1 is 0.571 bits per heavy atom. The summed E-state index contributed by atoms with van der Waals surface area (Å²) in [5.74, 6) is 0. The van der Waals surface area contributed by atoms with Gasteiger partial charge in [0.05, 0.1) is 12.1 Å². The van der Waals surface area contributed by atoms with Crippen LogP contribution in [-0.4, -0.2) is 54.4 Å². The lowest BCUT2D eigenvalue weighted by Crippen LogP contribution is -2.38.